The molecule has 16 aliphatic rings. The van der Waals surface area contributed by atoms with E-state index < -0.39 is 68.5 Å². The van der Waals surface area contributed by atoms with Gasteiger partial charge in [0.2, 0.25) is 0 Å². The smallest absolute Gasteiger partial charge is 0.174 e. The number of carbonyl (C=O) groups excluding carboxylic acids is 2. The number of ketones is 2. The maximum absolute atomic E-state index is 12.7. The average Bonchev–Trinajstić information content (AvgIpc) is 1.63. The van der Waals surface area contributed by atoms with E-state index in [1.165, 1.54) is 27.8 Å². The summed E-state index contributed by atoms with van der Waals surface area (Å²) in [5, 5.41) is 79.3. The van der Waals surface area contributed by atoms with Crippen molar-refractivity contribution in [2.24, 2.45) is 0 Å². The van der Waals surface area contributed by atoms with Gasteiger partial charge in [-0.3, -0.25) is 29.2 Å². The van der Waals surface area contributed by atoms with Crippen LogP contribution in [0.25, 0.3) is 0 Å². The van der Waals surface area contributed by atoms with E-state index in [-0.39, 0.29) is 61.1 Å². The molecule has 8 bridgehead atoms. The Morgan fingerprint density at radius 1 is 0.433 bits per heavy atom. The van der Waals surface area contributed by atoms with Gasteiger partial charge in [0, 0.05) is 98.5 Å². The Bertz CT molecular complexity index is 3770. The maximum Gasteiger partial charge on any atom is 0.174 e. The lowest BCUT2D eigenvalue weighted by Gasteiger charge is -2.63. The summed E-state index contributed by atoms with van der Waals surface area (Å²) in [4.78, 5) is 34.7. The molecule has 516 valence electrons. The van der Waals surface area contributed by atoms with E-state index in [1.54, 1.807) is 6.07 Å². The average molecular weight is 1320 g/mol. The Labute approximate surface area is 570 Å². The fourth-order valence-electron chi connectivity index (χ4n) is 24.0. The van der Waals surface area contributed by atoms with Crippen molar-refractivity contribution >= 4 is 11.6 Å². The van der Waals surface area contributed by atoms with E-state index >= 15 is 0 Å². The molecule has 20 rings (SSSR count). The molecular weight excluding hydrogens is 1220 g/mol. The van der Waals surface area contributed by atoms with E-state index in [9.17, 15) is 45.3 Å². The number of benzene rings is 4. The molecule has 17 heteroatoms. The molecule has 4 saturated carbocycles. The van der Waals surface area contributed by atoms with Crippen molar-refractivity contribution in [3.63, 3.8) is 0 Å². The van der Waals surface area contributed by atoms with Gasteiger partial charge in [-0.15, -0.1) is 26.3 Å². The Balaban J connectivity index is 0.000000101. The highest BCUT2D eigenvalue weighted by molar-refractivity contribution is 5.91. The van der Waals surface area contributed by atoms with Crippen molar-refractivity contribution in [2.75, 3.05) is 52.4 Å². The van der Waals surface area contributed by atoms with Crippen LogP contribution < -0.4 is 18.9 Å². The van der Waals surface area contributed by atoms with Crippen LogP contribution in [0.4, 0.5) is 0 Å². The number of aryl methyl sites for hydroxylation is 3. The highest BCUT2D eigenvalue weighted by Gasteiger charge is 2.77. The van der Waals surface area contributed by atoms with Gasteiger partial charge in [-0.1, -0.05) is 74.2 Å². The van der Waals surface area contributed by atoms with Crippen LogP contribution in [0.2, 0.25) is 0 Å². The molecule has 97 heavy (non-hydrogen) atoms. The zero-order valence-corrected chi connectivity index (χ0v) is 55.9. The van der Waals surface area contributed by atoms with Gasteiger partial charge in [-0.25, -0.2) is 0 Å². The number of ether oxygens (including phenoxy) is 4. The maximum atomic E-state index is 12.7. The number of aliphatic hydroxyl groups is 6. The second-order valence-corrected chi connectivity index (χ2v) is 31.5. The number of likely N-dealkylation sites (tertiary alicyclic amines) is 4. The van der Waals surface area contributed by atoms with Gasteiger partial charge in [0.1, 0.15) is 29.5 Å². The van der Waals surface area contributed by atoms with Crippen molar-refractivity contribution in [3.8, 4) is 28.7 Å². The zero-order valence-electron chi connectivity index (χ0n) is 55.9. The lowest BCUT2D eigenvalue weighted by molar-refractivity contribution is -0.206. The fourth-order valence-corrected chi connectivity index (χ4v) is 24.0. The predicted octanol–water partition coefficient (Wildman–Crippen LogP) is 7.23. The van der Waals surface area contributed by atoms with Gasteiger partial charge in [-0.05, 0) is 169 Å². The normalized spacial score (nSPS) is 40.4. The van der Waals surface area contributed by atoms with Gasteiger partial charge >= 0.3 is 0 Å². The number of hydrogen-bond donors (Lipinski definition) is 7. The molecule has 8 aliphatic heterocycles. The Hall–Kier alpha value is -6.22. The van der Waals surface area contributed by atoms with Gasteiger partial charge in [-0.2, -0.15) is 0 Å². The first-order valence-electron chi connectivity index (χ1n) is 35.7. The molecule has 17 nitrogen and oxygen atoms in total. The second kappa shape index (κ2) is 22.4. The highest BCUT2D eigenvalue weighted by atomic mass is 16.5. The molecule has 0 aromatic heterocycles. The highest BCUT2D eigenvalue weighted by Crippen LogP contribution is 2.69. The number of rotatable bonds is 8. The van der Waals surface area contributed by atoms with Gasteiger partial charge in [0.15, 0.2) is 35.3 Å². The molecule has 8 aliphatic carbocycles. The third kappa shape index (κ3) is 8.02. The third-order valence-corrected chi connectivity index (χ3v) is 27.9. The topological polar surface area (TPSA) is 226 Å². The lowest BCUT2D eigenvalue weighted by atomic mass is 9.48. The molecule has 4 aromatic carbocycles. The first-order chi connectivity index (χ1) is 46.1. The first kappa shape index (κ1) is 65.4. The van der Waals surface area contributed by atoms with Crippen LogP contribution in [0.5, 0.6) is 28.7 Å². The monoisotopic (exact) mass is 1320 g/mol. The molecule has 0 radical (unpaired) electrons. The molecule has 6 unspecified atom stereocenters. The molecule has 18 atom stereocenters. The Morgan fingerprint density at radius 2 is 0.732 bits per heavy atom. The minimum atomic E-state index is -1.00. The number of piperidine rings is 4. The summed E-state index contributed by atoms with van der Waals surface area (Å²) in [6.07, 6.45) is 15.3. The predicted molar refractivity (Wildman–Crippen MR) is 367 cm³/mol. The van der Waals surface area contributed by atoms with Crippen LogP contribution in [-0.2, 0) is 56.9 Å². The van der Waals surface area contributed by atoms with E-state index in [1.807, 2.05) is 37.3 Å². The van der Waals surface area contributed by atoms with Crippen LogP contribution in [0.15, 0.2) is 99.2 Å². The Morgan fingerprint density at radius 3 is 1.09 bits per heavy atom. The summed E-state index contributed by atoms with van der Waals surface area (Å²) in [6.45, 7) is 28.3. The molecule has 0 amide bonds. The van der Waals surface area contributed by atoms with Crippen LogP contribution in [0.3, 0.4) is 0 Å². The summed E-state index contributed by atoms with van der Waals surface area (Å²) in [6, 6.07) is 16.6. The van der Waals surface area contributed by atoms with Crippen molar-refractivity contribution < 1.29 is 64.3 Å². The molecule has 4 spiro atoms. The lowest BCUT2D eigenvalue weighted by Crippen LogP contribution is -2.77. The number of carbonyl (C=O) groups is 2. The minimum Gasteiger partial charge on any atom is -0.504 e. The first-order valence-corrected chi connectivity index (χ1v) is 35.7. The van der Waals surface area contributed by atoms with Crippen LogP contribution >= 0.6 is 0 Å². The van der Waals surface area contributed by atoms with E-state index in [0.29, 0.717) is 70.0 Å². The van der Waals surface area contributed by atoms with Crippen molar-refractivity contribution in [1.29, 1.82) is 0 Å². The number of hydrogen-bond acceptors (Lipinski definition) is 17. The molecule has 8 fully saturated rings. The number of phenolic OH excluding ortho intramolecular Hbond substituents is 1. The Kier molecular flexibility index (Phi) is 15.1. The fraction of sp³-hybridized carbons (Fsp3) is 0.575. The van der Waals surface area contributed by atoms with E-state index in [4.69, 9.17) is 18.9 Å². The number of phenols is 1. The van der Waals surface area contributed by atoms with E-state index in [0.717, 1.165) is 142 Å². The standard InChI is InChI=1S/2C20H25NO3.C20H23NO3.C19H21NO4.CH4/c3*1-3-9-21-10-8-19-16-13-5-4-12(2)17(16)24-18(19)14(22)6-7-20(19,23)15(21)11-13;1-2-8-20-9-7-18-15-11-3-4-12(21)16(15)24-17(18)13(22)5-6-19(18,23)14(20)10-11;/h2*3-5,14-15,18,22-23H,1,6-11H2,2H3;3-5,15,18,23H,1,6-11H2,2H3;2-4,14,17,21,23H,1,5-10H2;1H4/t2*14?,15?,18-,19-,20+;15?,18-,19-,20+;14?,17-,18-,19+;/m0000./s1. The number of aromatic hydroxyl groups is 1. The van der Waals surface area contributed by atoms with Crippen LogP contribution in [0, 0.1) is 20.8 Å². The SMILES string of the molecule is C.C=CCN1CC[C@]23c4c5ccc(C)c4O[C@H]2C(=O)CC[C@@]3(O)C1C5.C=CCN1CC[C@]23c4c5ccc(C)c4O[C@H]2C(O)CC[C@@]3(O)C1C5.C=CCN1CC[C@]23c4c5ccc(C)c4O[C@H]2C(O)CC[C@@]3(O)C1C5.C=CCN1CC[C@]23c4c5ccc(O)c4O[C@H]2C(=O)CC[C@@]3(O)C1C5. The van der Waals surface area contributed by atoms with E-state index in [2.05, 4.69) is 96.2 Å². The van der Waals surface area contributed by atoms with Crippen LogP contribution in [0.1, 0.15) is 146 Å². The minimum absolute atomic E-state index is 0. The van der Waals surface area contributed by atoms with Gasteiger partial charge in [0.05, 0.1) is 56.3 Å². The molecular formula is C80H98N4O13. The summed E-state index contributed by atoms with van der Waals surface area (Å²) in [5.41, 5.74) is 6.88. The summed E-state index contributed by atoms with van der Waals surface area (Å²) in [5.74, 6) is 3.39. The van der Waals surface area contributed by atoms with Gasteiger partial charge < -0.3 is 54.7 Å². The quantitative estimate of drug-likeness (QED) is 0.0864. The molecule has 4 saturated heterocycles. The largest absolute Gasteiger partial charge is 0.504 e. The van der Waals surface area contributed by atoms with Gasteiger partial charge in [0.25, 0.3) is 0 Å². The third-order valence-electron chi connectivity index (χ3n) is 27.9. The van der Waals surface area contributed by atoms with Crippen molar-refractivity contribution in [3.05, 3.63) is 160 Å². The molecule has 4 aromatic rings. The second-order valence-electron chi connectivity index (χ2n) is 31.5. The summed E-state index contributed by atoms with van der Waals surface area (Å²) < 4.78 is 24.9. The van der Waals surface area contributed by atoms with Crippen LogP contribution in [-0.4, -0.2) is 202 Å². The number of aliphatic hydroxyl groups excluding tert-OH is 2. The molecule has 8 heterocycles. The zero-order chi connectivity index (χ0) is 66.8. The number of nitrogens with zero attached hydrogens (tertiary/aromatic N) is 4. The number of Topliss-reactive ketones (excluding diaryl/α,β-unsaturated/α-hetero) is 2. The van der Waals surface area contributed by atoms with Crippen molar-refractivity contribution in [1.82, 2.24) is 19.6 Å². The summed E-state index contributed by atoms with van der Waals surface area (Å²) in [7, 11) is 0. The summed E-state index contributed by atoms with van der Waals surface area (Å²) >= 11 is 0. The van der Waals surface area contributed by atoms with Crippen molar-refractivity contribution in [2.45, 2.75) is 236 Å². The molecule has 7 N–H and O–H groups in total.